The number of benzene rings is 1. The van der Waals surface area contributed by atoms with Gasteiger partial charge in [-0.1, -0.05) is 56.2 Å². The van der Waals surface area contributed by atoms with Crippen molar-refractivity contribution in [2.75, 3.05) is 0 Å². The van der Waals surface area contributed by atoms with E-state index >= 15 is 0 Å². The van der Waals surface area contributed by atoms with E-state index in [2.05, 4.69) is 31.2 Å². The molecule has 1 aliphatic rings. The van der Waals surface area contributed by atoms with Crippen LogP contribution in [0.5, 0.6) is 0 Å². The molecule has 0 radical (unpaired) electrons. The minimum atomic E-state index is -0.724. The van der Waals surface area contributed by atoms with Gasteiger partial charge >= 0.3 is 0 Å². The van der Waals surface area contributed by atoms with Crippen LogP contribution in [0, 0.1) is 17.2 Å². The summed E-state index contributed by atoms with van der Waals surface area (Å²) in [5.41, 5.74) is 2.99. The lowest BCUT2D eigenvalue weighted by Gasteiger charge is -2.28. The van der Waals surface area contributed by atoms with Crippen LogP contribution in [0.1, 0.15) is 81.8 Å². The Kier molecular flexibility index (Phi) is 9.18. The maximum Gasteiger partial charge on any atom is 0.199 e. The van der Waals surface area contributed by atoms with E-state index in [4.69, 9.17) is 5.26 Å². The van der Waals surface area contributed by atoms with E-state index in [0.717, 1.165) is 18.3 Å². The molecule has 1 aliphatic carbocycles. The first-order valence-corrected chi connectivity index (χ1v) is 10.2. The number of rotatable bonds is 9. The molecule has 0 saturated heterocycles. The summed E-state index contributed by atoms with van der Waals surface area (Å²) in [5.74, 6) is 0.784. The highest BCUT2D eigenvalue weighted by molar-refractivity contribution is 5.26. The molecule has 1 fully saturated rings. The Morgan fingerprint density at radius 3 is 2.54 bits per heavy atom. The van der Waals surface area contributed by atoms with Crippen LogP contribution in [0.3, 0.4) is 0 Å². The predicted octanol–water partition coefficient (Wildman–Crippen LogP) is 7.41. The minimum absolute atomic E-state index is 0.721. The van der Waals surface area contributed by atoms with Crippen molar-refractivity contribution in [1.29, 1.82) is 5.26 Å². The normalized spacial score (nSPS) is 21.0. The number of halogens is 1. The average Bonchev–Trinajstić information content (AvgIpc) is 2.69. The van der Waals surface area contributed by atoms with Crippen LogP contribution >= 0.6 is 0 Å². The summed E-state index contributed by atoms with van der Waals surface area (Å²) < 4.78 is 12.7. The second-order valence-corrected chi connectivity index (χ2v) is 7.55. The third-order valence-corrected chi connectivity index (χ3v) is 5.59. The molecule has 0 aromatic heterocycles. The second-order valence-electron chi connectivity index (χ2n) is 7.55. The van der Waals surface area contributed by atoms with Crippen LogP contribution < -0.4 is 0 Å². The van der Waals surface area contributed by atoms with Crippen molar-refractivity contribution in [2.24, 2.45) is 5.92 Å². The fraction of sp³-hybridized carbons (Fsp3) is 0.542. The first kappa shape index (κ1) is 20.4. The summed E-state index contributed by atoms with van der Waals surface area (Å²) in [4.78, 5) is 0. The third kappa shape index (κ3) is 7.16. The Labute approximate surface area is 158 Å². The molecule has 2 rings (SSSR count). The molecule has 26 heavy (non-hydrogen) atoms. The van der Waals surface area contributed by atoms with Crippen LogP contribution in [0.15, 0.2) is 48.3 Å². The maximum absolute atomic E-state index is 12.7. The van der Waals surface area contributed by atoms with Gasteiger partial charge in [-0.25, -0.2) is 0 Å². The summed E-state index contributed by atoms with van der Waals surface area (Å²) in [6.45, 7) is 2.25. The van der Waals surface area contributed by atoms with Crippen molar-refractivity contribution in [3.63, 3.8) is 0 Å². The molecular weight excluding hydrogens is 321 g/mol. The summed E-state index contributed by atoms with van der Waals surface area (Å²) >= 11 is 0. The zero-order valence-corrected chi connectivity index (χ0v) is 16.1. The van der Waals surface area contributed by atoms with Gasteiger partial charge in [-0.05, 0) is 80.4 Å². The van der Waals surface area contributed by atoms with Crippen molar-refractivity contribution < 1.29 is 4.39 Å². The van der Waals surface area contributed by atoms with Gasteiger partial charge in [0, 0.05) is 0 Å². The summed E-state index contributed by atoms with van der Waals surface area (Å²) in [6, 6.07) is 10.8. The van der Waals surface area contributed by atoms with Gasteiger partial charge in [0.2, 0.25) is 0 Å². The number of hydrogen-bond donors (Lipinski definition) is 0. The van der Waals surface area contributed by atoms with E-state index in [9.17, 15) is 4.39 Å². The molecule has 1 saturated carbocycles. The van der Waals surface area contributed by atoms with E-state index in [1.165, 1.54) is 81.1 Å². The fourth-order valence-electron chi connectivity index (χ4n) is 3.94. The van der Waals surface area contributed by atoms with E-state index < -0.39 is 5.83 Å². The van der Waals surface area contributed by atoms with Crippen molar-refractivity contribution >= 4 is 0 Å². The summed E-state index contributed by atoms with van der Waals surface area (Å²) in [6.07, 6.45) is 17.3. The standard InChI is InChI=1S/C24H32FN/c1-2-3-5-8-20-11-15-22(16-12-20)23-17-13-21(14-18-23)9-6-4-7-10-24(25)19-26/h4,7,10-12,15-16,21,23H,2-3,5-6,8-9,13-14,17-18H2,1H3. The molecule has 0 spiro atoms. The van der Waals surface area contributed by atoms with Crippen molar-refractivity contribution in [1.82, 2.24) is 0 Å². The van der Waals surface area contributed by atoms with Crippen LogP contribution in [0.4, 0.5) is 4.39 Å². The fourth-order valence-corrected chi connectivity index (χ4v) is 3.94. The monoisotopic (exact) mass is 353 g/mol. The van der Waals surface area contributed by atoms with Crippen molar-refractivity contribution in [2.45, 2.75) is 77.0 Å². The molecule has 1 aromatic carbocycles. The highest BCUT2D eigenvalue weighted by Gasteiger charge is 2.21. The SMILES string of the molecule is CCCCCc1ccc(C2CCC(CCC=CC=C(F)C#N)CC2)cc1. The molecule has 140 valence electrons. The number of unbranched alkanes of at least 4 members (excludes halogenated alkanes) is 2. The van der Waals surface area contributed by atoms with Crippen molar-refractivity contribution in [3.8, 4) is 6.07 Å². The van der Waals surface area contributed by atoms with Gasteiger partial charge in [0.25, 0.3) is 0 Å². The summed E-state index contributed by atoms with van der Waals surface area (Å²) in [5, 5.41) is 8.35. The molecule has 0 heterocycles. The Bertz CT molecular complexity index is 613. The number of nitriles is 1. The van der Waals surface area contributed by atoms with Gasteiger partial charge < -0.3 is 0 Å². The van der Waals surface area contributed by atoms with Gasteiger partial charge in [0.15, 0.2) is 5.83 Å². The van der Waals surface area contributed by atoms with E-state index in [-0.39, 0.29) is 0 Å². The smallest absolute Gasteiger partial charge is 0.195 e. The highest BCUT2D eigenvalue weighted by Crippen LogP contribution is 2.37. The third-order valence-electron chi connectivity index (χ3n) is 5.59. The molecular formula is C24H32FN. The van der Waals surface area contributed by atoms with Gasteiger partial charge in [0.05, 0.1) is 0 Å². The molecule has 0 N–H and O–H groups in total. The van der Waals surface area contributed by atoms with Gasteiger partial charge in [-0.3, -0.25) is 0 Å². The number of allylic oxidation sites excluding steroid dienone is 4. The highest BCUT2D eigenvalue weighted by atomic mass is 19.1. The Morgan fingerprint density at radius 2 is 1.88 bits per heavy atom. The first-order valence-electron chi connectivity index (χ1n) is 10.2. The quantitative estimate of drug-likeness (QED) is 0.258. The molecule has 0 unspecified atom stereocenters. The lowest BCUT2D eigenvalue weighted by Crippen LogP contribution is -2.13. The van der Waals surface area contributed by atoms with E-state index in [1.54, 1.807) is 6.08 Å². The maximum atomic E-state index is 12.7. The lowest BCUT2D eigenvalue weighted by atomic mass is 9.77. The zero-order valence-electron chi connectivity index (χ0n) is 16.1. The van der Waals surface area contributed by atoms with Crippen LogP contribution in [-0.4, -0.2) is 0 Å². The van der Waals surface area contributed by atoms with Crippen LogP contribution in [-0.2, 0) is 6.42 Å². The van der Waals surface area contributed by atoms with E-state index in [0.29, 0.717) is 0 Å². The van der Waals surface area contributed by atoms with Crippen LogP contribution in [0.2, 0.25) is 0 Å². The molecule has 0 bridgehead atoms. The second kappa shape index (κ2) is 11.7. The lowest BCUT2D eigenvalue weighted by molar-refractivity contribution is 0.312. The average molecular weight is 354 g/mol. The van der Waals surface area contributed by atoms with Crippen molar-refractivity contribution in [3.05, 3.63) is 59.4 Å². The largest absolute Gasteiger partial charge is 0.199 e. The molecule has 1 nitrogen and oxygen atoms in total. The Balaban J connectivity index is 1.70. The summed E-state index contributed by atoms with van der Waals surface area (Å²) in [7, 11) is 0. The number of nitrogens with zero attached hydrogens (tertiary/aromatic N) is 1. The topological polar surface area (TPSA) is 23.8 Å². The zero-order chi connectivity index (χ0) is 18.6. The molecule has 0 amide bonds. The predicted molar refractivity (Wildman–Crippen MR) is 108 cm³/mol. The Morgan fingerprint density at radius 1 is 1.15 bits per heavy atom. The molecule has 2 heteroatoms. The molecule has 0 aliphatic heterocycles. The van der Waals surface area contributed by atoms with Gasteiger partial charge in [-0.15, -0.1) is 0 Å². The molecule has 1 aromatic rings. The van der Waals surface area contributed by atoms with Gasteiger partial charge in [-0.2, -0.15) is 9.65 Å². The number of aryl methyl sites for hydroxylation is 1. The number of hydrogen-bond acceptors (Lipinski definition) is 1. The first-order chi connectivity index (χ1) is 12.7. The minimum Gasteiger partial charge on any atom is -0.195 e. The van der Waals surface area contributed by atoms with E-state index in [1.807, 2.05) is 6.08 Å². The molecule has 0 atom stereocenters. The van der Waals surface area contributed by atoms with Crippen LogP contribution in [0.25, 0.3) is 0 Å². The van der Waals surface area contributed by atoms with Gasteiger partial charge in [0.1, 0.15) is 6.07 Å². The Hall–Kier alpha value is -1.88.